The van der Waals surface area contributed by atoms with Crippen molar-refractivity contribution >= 4 is 16.6 Å². The summed E-state index contributed by atoms with van der Waals surface area (Å²) in [7, 11) is 0. The van der Waals surface area contributed by atoms with Crippen LogP contribution in [-0.4, -0.2) is 14.9 Å². The van der Waals surface area contributed by atoms with E-state index in [2.05, 4.69) is 9.97 Å². The summed E-state index contributed by atoms with van der Waals surface area (Å²) in [5.74, 6) is -0.762. The van der Waals surface area contributed by atoms with Gasteiger partial charge in [-0.3, -0.25) is 14.9 Å². The lowest BCUT2D eigenvalue weighted by molar-refractivity contribution is -0.383. The SMILES string of the molecule is O=c1[nH]cnc2c(F)ccc([N+](=O)[O-])c12. The molecule has 0 aliphatic rings. The summed E-state index contributed by atoms with van der Waals surface area (Å²) in [6.45, 7) is 0. The molecule has 0 fully saturated rings. The lowest BCUT2D eigenvalue weighted by atomic mass is 10.2. The number of nitrogens with one attached hydrogen (secondary N) is 1. The monoisotopic (exact) mass is 209 g/mol. The fourth-order valence-electron chi connectivity index (χ4n) is 1.28. The number of nitro groups is 1. The first-order chi connectivity index (χ1) is 7.11. The maximum Gasteiger partial charge on any atom is 0.284 e. The van der Waals surface area contributed by atoms with Gasteiger partial charge in [0.25, 0.3) is 11.2 Å². The molecule has 15 heavy (non-hydrogen) atoms. The Morgan fingerprint density at radius 1 is 1.47 bits per heavy atom. The molecule has 0 aliphatic carbocycles. The van der Waals surface area contributed by atoms with Crippen molar-refractivity contribution in [3.63, 3.8) is 0 Å². The number of nitro benzene ring substituents is 1. The highest BCUT2D eigenvalue weighted by Gasteiger charge is 2.18. The molecular formula is C8H4FN3O3. The van der Waals surface area contributed by atoms with Gasteiger partial charge in [-0.25, -0.2) is 9.37 Å². The Balaban J connectivity index is 3.03. The first kappa shape index (κ1) is 9.25. The number of fused-ring (bicyclic) bond motifs is 1. The minimum atomic E-state index is -0.762. The second-order valence-corrected chi connectivity index (χ2v) is 2.78. The zero-order valence-electron chi connectivity index (χ0n) is 7.23. The molecule has 0 saturated carbocycles. The summed E-state index contributed by atoms with van der Waals surface area (Å²) in [5.41, 5.74) is -1.49. The van der Waals surface area contributed by atoms with Crippen molar-refractivity contribution in [1.29, 1.82) is 0 Å². The van der Waals surface area contributed by atoms with Crippen LogP contribution in [0.15, 0.2) is 23.3 Å². The van der Waals surface area contributed by atoms with Gasteiger partial charge in [0.15, 0.2) is 0 Å². The largest absolute Gasteiger partial charge is 0.312 e. The third kappa shape index (κ3) is 1.33. The molecule has 0 saturated heterocycles. The second kappa shape index (κ2) is 3.12. The number of nitrogens with zero attached hydrogens (tertiary/aromatic N) is 2. The Kier molecular flexibility index (Phi) is 1.93. The van der Waals surface area contributed by atoms with Gasteiger partial charge < -0.3 is 4.98 Å². The normalized spacial score (nSPS) is 10.5. The predicted octanol–water partition coefficient (Wildman–Crippen LogP) is 0.970. The van der Waals surface area contributed by atoms with Crippen LogP contribution in [0, 0.1) is 15.9 Å². The van der Waals surface area contributed by atoms with Crippen molar-refractivity contribution < 1.29 is 9.31 Å². The van der Waals surface area contributed by atoms with E-state index >= 15 is 0 Å². The zero-order valence-corrected chi connectivity index (χ0v) is 7.23. The number of non-ortho nitro benzene ring substituents is 1. The highest BCUT2D eigenvalue weighted by atomic mass is 19.1. The number of rotatable bonds is 1. The van der Waals surface area contributed by atoms with Gasteiger partial charge in [0.05, 0.1) is 11.3 Å². The Morgan fingerprint density at radius 2 is 2.20 bits per heavy atom. The maximum atomic E-state index is 13.2. The molecule has 2 aromatic rings. The molecule has 2 rings (SSSR count). The number of hydrogen-bond acceptors (Lipinski definition) is 4. The van der Waals surface area contributed by atoms with Crippen LogP contribution in [-0.2, 0) is 0 Å². The third-order valence-corrected chi connectivity index (χ3v) is 1.92. The fourth-order valence-corrected chi connectivity index (χ4v) is 1.28. The molecule has 1 aromatic heterocycles. The number of halogens is 1. The van der Waals surface area contributed by atoms with Crippen LogP contribution < -0.4 is 5.56 Å². The smallest absolute Gasteiger partial charge is 0.284 e. The second-order valence-electron chi connectivity index (χ2n) is 2.78. The number of H-pyrrole nitrogens is 1. The summed E-state index contributed by atoms with van der Waals surface area (Å²) >= 11 is 0. The van der Waals surface area contributed by atoms with Crippen LogP contribution in [0.25, 0.3) is 10.9 Å². The molecule has 0 bridgehead atoms. The predicted molar refractivity (Wildman–Crippen MR) is 49.0 cm³/mol. The van der Waals surface area contributed by atoms with Gasteiger partial charge in [-0.2, -0.15) is 0 Å². The lowest BCUT2D eigenvalue weighted by Gasteiger charge is -1.98. The number of aromatic amines is 1. The van der Waals surface area contributed by atoms with Crippen LogP contribution in [0.1, 0.15) is 0 Å². The van der Waals surface area contributed by atoms with Crippen molar-refractivity contribution in [2.24, 2.45) is 0 Å². The van der Waals surface area contributed by atoms with E-state index in [4.69, 9.17) is 0 Å². The molecule has 0 atom stereocenters. The molecule has 1 aromatic carbocycles. The standard InChI is InChI=1S/C8H4FN3O3/c9-4-1-2-5(12(14)15)6-7(4)10-3-11-8(6)13/h1-3H,(H,10,11,13). The first-order valence-corrected chi connectivity index (χ1v) is 3.91. The number of benzene rings is 1. The first-order valence-electron chi connectivity index (χ1n) is 3.91. The van der Waals surface area contributed by atoms with Crippen molar-refractivity contribution in [2.45, 2.75) is 0 Å². The van der Waals surface area contributed by atoms with Crippen molar-refractivity contribution in [3.8, 4) is 0 Å². The van der Waals surface area contributed by atoms with Gasteiger partial charge in [0, 0.05) is 6.07 Å². The van der Waals surface area contributed by atoms with Crippen LogP contribution in [0.4, 0.5) is 10.1 Å². The molecule has 1 N–H and O–H groups in total. The Labute approximate surface area is 81.5 Å². The van der Waals surface area contributed by atoms with E-state index in [1.54, 1.807) is 0 Å². The molecule has 0 aliphatic heterocycles. The molecule has 6 nitrogen and oxygen atoms in total. The van der Waals surface area contributed by atoms with E-state index in [-0.39, 0.29) is 10.9 Å². The van der Waals surface area contributed by atoms with Crippen molar-refractivity contribution in [3.05, 3.63) is 44.7 Å². The fraction of sp³-hybridized carbons (Fsp3) is 0. The molecule has 0 radical (unpaired) electrons. The Morgan fingerprint density at radius 3 is 2.87 bits per heavy atom. The van der Waals surface area contributed by atoms with Crippen molar-refractivity contribution in [1.82, 2.24) is 9.97 Å². The molecular weight excluding hydrogens is 205 g/mol. The van der Waals surface area contributed by atoms with Gasteiger partial charge in [-0.15, -0.1) is 0 Å². The van der Waals surface area contributed by atoms with Gasteiger partial charge in [0.1, 0.15) is 16.7 Å². The highest BCUT2D eigenvalue weighted by Crippen LogP contribution is 2.22. The molecule has 0 spiro atoms. The Hall–Kier alpha value is -2.31. The summed E-state index contributed by atoms with van der Waals surface area (Å²) in [4.78, 5) is 26.8. The van der Waals surface area contributed by atoms with Gasteiger partial charge in [0.2, 0.25) is 0 Å². The zero-order chi connectivity index (χ0) is 11.0. The van der Waals surface area contributed by atoms with Gasteiger partial charge in [-0.1, -0.05) is 0 Å². The average molecular weight is 209 g/mol. The van der Waals surface area contributed by atoms with Crippen LogP contribution in [0.5, 0.6) is 0 Å². The van der Waals surface area contributed by atoms with Crippen molar-refractivity contribution in [2.75, 3.05) is 0 Å². The summed E-state index contributed by atoms with van der Waals surface area (Å²) in [6, 6.07) is 1.85. The minimum Gasteiger partial charge on any atom is -0.312 e. The highest BCUT2D eigenvalue weighted by molar-refractivity contribution is 5.87. The summed E-state index contributed by atoms with van der Waals surface area (Å²) < 4.78 is 13.2. The van der Waals surface area contributed by atoms with E-state index in [0.717, 1.165) is 18.5 Å². The number of aromatic nitrogens is 2. The minimum absolute atomic E-state index is 0.298. The average Bonchev–Trinajstić information content (AvgIpc) is 2.19. The topological polar surface area (TPSA) is 88.9 Å². The van der Waals surface area contributed by atoms with Crippen LogP contribution >= 0.6 is 0 Å². The summed E-state index contributed by atoms with van der Waals surface area (Å²) in [5, 5.41) is 10.2. The van der Waals surface area contributed by atoms with Crippen LogP contribution in [0.3, 0.4) is 0 Å². The molecule has 76 valence electrons. The summed E-state index contributed by atoms with van der Waals surface area (Å²) in [6.07, 6.45) is 0.997. The Bertz CT molecular complexity index is 608. The molecule has 0 unspecified atom stereocenters. The molecule has 7 heteroatoms. The number of hydrogen-bond donors (Lipinski definition) is 1. The van der Waals surface area contributed by atoms with E-state index < -0.39 is 22.0 Å². The van der Waals surface area contributed by atoms with E-state index in [1.807, 2.05) is 0 Å². The van der Waals surface area contributed by atoms with E-state index in [1.165, 1.54) is 0 Å². The quantitative estimate of drug-likeness (QED) is 0.559. The lowest BCUT2D eigenvalue weighted by Crippen LogP contribution is -2.09. The van der Waals surface area contributed by atoms with Gasteiger partial charge in [-0.05, 0) is 6.07 Å². The maximum absolute atomic E-state index is 13.2. The van der Waals surface area contributed by atoms with Gasteiger partial charge >= 0.3 is 0 Å². The van der Waals surface area contributed by atoms with E-state index in [9.17, 15) is 19.3 Å². The van der Waals surface area contributed by atoms with E-state index in [0.29, 0.717) is 0 Å². The van der Waals surface area contributed by atoms with Crippen LogP contribution in [0.2, 0.25) is 0 Å². The molecule has 0 amide bonds. The molecule has 1 heterocycles. The third-order valence-electron chi connectivity index (χ3n) is 1.92.